The Morgan fingerprint density at radius 2 is 2.22 bits per heavy atom. The minimum absolute atomic E-state index is 0.116. The first kappa shape index (κ1) is 15.9. The van der Waals surface area contributed by atoms with Crippen molar-refractivity contribution in [2.24, 2.45) is 0 Å². The number of unbranched alkanes of at least 4 members (excludes halogenated alkanes) is 1. The maximum Gasteiger partial charge on any atom is 0.0673 e. The Labute approximate surface area is 112 Å². The molecule has 0 aromatic rings. The number of likely N-dealkylation sites (N-methyl/N-ethyl adjacent to an activating group) is 1. The Morgan fingerprint density at radius 3 is 2.89 bits per heavy atom. The van der Waals surface area contributed by atoms with Gasteiger partial charge in [-0.3, -0.25) is 0 Å². The molecular formula is C14H30N2O2. The molecule has 18 heavy (non-hydrogen) atoms. The molecule has 1 heterocycles. The number of aliphatic hydroxyl groups excluding tert-OH is 1. The van der Waals surface area contributed by atoms with E-state index in [2.05, 4.69) is 24.1 Å². The van der Waals surface area contributed by atoms with Crippen LogP contribution in [0, 0.1) is 0 Å². The number of nitrogens with zero attached hydrogens (tertiary/aromatic N) is 1. The summed E-state index contributed by atoms with van der Waals surface area (Å²) in [4.78, 5) is 2.51. The van der Waals surface area contributed by atoms with Crippen LogP contribution in [0.3, 0.4) is 0 Å². The average Bonchev–Trinajstić information content (AvgIpc) is 2.59. The highest BCUT2D eigenvalue weighted by molar-refractivity contribution is 4.80. The molecule has 1 aliphatic heterocycles. The Bertz CT molecular complexity index is 220. The topological polar surface area (TPSA) is 44.7 Å². The molecule has 2 N–H and O–H groups in total. The minimum Gasteiger partial charge on any atom is -0.394 e. The fourth-order valence-corrected chi connectivity index (χ4v) is 2.42. The van der Waals surface area contributed by atoms with Gasteiger partial charge in [-0.25, -0.2) is 0 Å². The molecule has 2 unspecified atom stereocenters. The molecule has 4 heteroatoms. The van der Waals surface area contributed by atoms with Gasteiger partial charge in [0.2, 0.25) is 0 Å². The second kappa shape index (κ2) is 8.10. The number of aliphatic hydroxyl groups is 1. The van der Waals surface area contributed by atoms with Gasteiger partial charge in [-0.2, -0.15) is 0 Å². The van der Waals surface area contributed by atoms with E-state index >= 15 is 0 Å². The van der Waals surface area contributed by atoms with Crippen molar-refractivity contribution < 1.29 is 9.84 Å². The smallest absolute Gasteiger partial charge is 0.0673 e. The van der Waals surface area contributed by atoms with E-state index in [1.54, 1.807) is 0 Å². The fourth-order valence-electron chi connectivity index (χ4n) is 2.42. The summed E-state index contributed by atoms with van der Waals surface area (Å²) in [6.45, 7) is 8.71. The van der Waals surface area contributed by atoms with Gasteiger partial charge in [0, 0.05) is 25.2 Å². The normalized spacial score (nSPS) is 25.7. The third-order valence-corrected chi connectivity index (χ3v) is 3.94. The molecule has 0 amide bonds. The summed E-state index contributed by atoms with van der Waals surface area (Å²) in [6.07, 6.45) is 4.90. The Balaban J connectivity index is 2.16. The number of rotatable bonds is 7. The standard InChI is InChI=1S/C14H30N2O2/c1-13-11-16(9-6-10-18-13)8-5-4-7-14(2,12-17)15-3/h13,15,17H,4-12H2,1-3H3. The summed E-state index contributed by atoms with van der Waals surface area (Å²) < 4.78 is 5.64. The highest BCUT2D eigenvalue weighted by atomic mass is 16.5. The van der Waals surface area contributed by atoms with Gasteiger partial charge < -0.3 is 20.1 Å². The lowest BCUT2D eigenvalue weighted by molar-refractivity contribution is 0.0674. The second-order valence-electron chi connectivity index (χ2n) is 5.76. The highest BCUT2D eigenvalue weighted by Crippen LogP contribution is 2.13. The number of hydrogen-bond donors (Lipinski definition) is 2. The molecule has 2 atom stereocenters. The van der Waals surface area contributed by atoms with E-state index in [-0.39, 0.29) is 12.1 Å². The first-order valence-electron chi connectivity index (χ1n) is 7.23. The van der Waals surface area contributed by atoms with Crippen molar-refractivity contribution in [3.8, 4) is 0 Å². The predicted molar refractivity (Wildman–Crippen MR) is 74.9 cm³/mol. The second-order valence-corrected chi connectivity index (χ2v) is 5.76. The number of nitrogens with one attached hydrogen (secondary N) is 1. The van der Waals surface area contributed by atoms with Crippen LogP contribution in [0.25, 0.3) is 0 Å². The van der Waals surface area contributed by atoms with E-state index in [1.807, 2.05) is 7.05 Å². The van der Waals surface area contributed by atoms with E-state index < -0.39 is 0 Å². The van der Waals surface area contributed by atoms with Crippen LogP contribution in [-0.4, -0.2) is 61.5 Å². The third kappa shape index (κ3) is 5.65. The molecule has 1 rings (SSSR count). The largest absolute Gasteiger partial charge is 0.394 e. The summed E-state index contributed by atoms with van der Waals surface area (Å²) in [5, 5.41) is 12.5. The fraction of sp³-hybridized carbons (Fsp3) is 1.00. The lowest BCUT2D eigenvalue weighted by atomic mass is 9.96. The molecule has 1 fully saturated rings. The van der Waals surface area contributed by atoms with Gasteiger partial charge in [-0.05, 0) is 46.7 Å². The van der Waals surface area contributed by atoms with Crippen LogP contribution in [0.4, 0.5) is 0 Å². The zero-order valence-electron chi connectivity index (χ0n) is 12.2. The summed E-state index contributed by atoms with van der Waals surface area (Å²) in [7, 11) is 1.92. The minimum atomic E-state index is -0.116. The lowest BCUT2D eigenvalue weighted by Crippen LogP contribution is -2.43. The number of ether oxygens (including phenoxy) is 1. The Morgan fingerprint density at radius 1 is 1.44 bits per heavy atom. The Kier molecular flexibility index (Phi) is 7.15. The first-order valence-corrected chi connectivity index (χ1v) is 7.23. The first-order chi connectivity index (χ1) is 8.59. The molecule has 0 bridgehead atoms. The molecule has 1 saturated heterocycles. The van der Waals surface area contributed by atoms with Crippen LogP contribution in [-0.2, 0) is 4.74 Å². The van der Waals surface area contributed by atoms with Gasteiger partial charge in [-0.1, -0.05) is 6.42 Å². The van der Waals surface area contributed by atoms with Gasteiger partial charge >= 0.3 is 0 Å². The predicted octanol–water partition coefficient (Wildman–Crippen LogP) is 1.24. The quantitative estimate of drug-likeness (QED) is 0.674. The van der Waals surface area contributed by atoms with E-state index in [1.165, 1.54) is 6.42 Å². The van der Waals surface area contributed by atoms with Crippen molar-refractivity contribution in [3.63, 3.8) is 0 Å². The van der Waals surface area contributed by atoms with Crippen LogP contribution < -0.4 is 5.32 Å². The molecule has 0 saturated carbocycles. The third-order valence-electron chi connectivity index (χ3n) is 3.94. The maximum absolute atomic E-state index is 9.32. The zero-order valence-corrected chi connectivity index (χ0v) is 12.2. The van der Waals surface area contributed by atoms with Crippen molar-refractivity contribution in [3.05, 3.63) is 0 Å². The molecule has 108 valence electrons. The van der Waals surface area contributed by atoms with Crippen molar-refractivity contribution in [1.82, 2.24) is 10.2 Å². The lowest BCUT2D eigenvalue weighted by Gasteiger charge is -2.27. The van der Waals surface area contributed by atoms with Crippen LogP contribution >= 0.6 is 0 Å². The molecule has 0 aromatic heterocycles. The van der Waals surface area contributed by atoms with Crippen LogP contribution in [0.2, 0.25) is 0 Å². The summed E-state index contributed by atoms with van der Waals surface area (Å²) >= 11 is 0. The molecule has 1 aliphatic rings. The van der Waals surface area contributed by atoms with Crippen molar-refractivity contribution in [1.29, 1.82) is 0 Å². The van der Waals surface area contributed by atoms with E-state index in [9.17, 15) is 5.11 Å². The molecule has 0 aromatic carbocycles. The van der Waals surface area contributed by atoms with Crippen molar-refractivity contribution in [2.75, 3.05) is 39.9 Å². The van der Waals surface area contributed by atoms with Gasteiger partial charge in [0.15, 0.2) is 0 Å². The van der Waals surface area contributed by atoms with Gasteiger partial charge in [0.25, 0.3) is 0 Å². The monoisotopic (exact) mass is 258 g/mol. The highest BCUT2D eigenvalue weighted by Gasteiger charge is 2.20. The Hall–Kier alpha value is -0.160. The van der Waals surface area contributed by atoms with Gasteiger partial charge in [0.1, 0.15) is 0 Å². The van der Waals surface area contributed by atoms with Gasteiger partial charge in [-0.15, -0.1) is 0 Å². The van der Waals surface area contributed by atoms with Crippen LogP contribution in [0.1, 0.15) is 39.5 Å². The zero-order chi connectivity index (χ0) is 13.4. The van der Waals surface area contributed by atoms with E-state index in [0.717, 1.165) is 45.5 Å². The van der Waals surface area contributed by atoms with Crippen LogP contribution in [0.5, 0.6) is 0 Å². The average molecular weight is 258 g/mol. The number of hydrogen-bond acceptors (Lipinski definition) is 4. The molecule has 4 nitrogen and oxygen atoms in total. The summed E-state index contributed by atoms with van der Waals surface area (Å²) in [6, 6.07) is 0. The summed E-state index contributed by atoms with van der Waals surface area (Å²) in [5.41, 5.74) is -0.116. The molecule has 0 radical (unpaired) electrons. The van der Waals surface area contributed by atoms with Crippen LogP contribution in [0.15, 0.2) is 0 Å². The molecule has 0 aliphatic carbocycles. The van der Waals surface area contributed by atoms with Crippen molar-refractivity contribution in [2.45, 2.75) is 51.2 Å². The molecule has 0 spiro atoms. The molecular weight excluding hydrogens is 228 g/mol. The SMILES string of the molecule is CNC(C)(CO)CCCCN1CCCOC(C)C1. The summed E-state index contributed by atoms with van der Waals surface area (Å²) in [5.74, 6) is 0. The van der Waals surface area contributed by atoms with E-state index in [4.69, 9.17) is 4.74 Å². The van der Waals surface area contributed by atoms with E-state index in [0.29, 0.717) is 6.10 Å². The van der Waals surface area contributed by atoms with Gasteiger partial charge in [0.05, 0.1) is 12.7 Å². The van der Waals surface area contributed by atoms with Crippen molar-refractivity contribution >= 4 is 0 Å². The maximum atomic E-state index is 9.32.